The molecule has 1 N–H and O–H groups in total. The van der Waals surface area contributed by atoms with Crippen molar-refractivity contribution in [2.24, 2.45) is 0 Å². The zero-order valence-corrected chi connectivity index (χ0v) is 25.9. The van der Waals surface area contributed by atoms with Gasteiger partial charge in [0.15, 0.2) is 5.78 Å². The minimum absolute atomic E-state index is 0.140. The van der Waals surface area contributed by atoms with Gasteiger partial charge in [-0.2, -0.15) is 0 Å². The summed E-state index contributed by atoms with van der Waals surface area (Å²) in [7, 11) is 1.34. The number of carbonyl (C=O) groups is 3. The quantitative estimate of drug-likeness (QED) is 0.0728. The molecule has 4 aromatic carbocycles. The maximum Gasteiger partial charge on any atom is 0.328 e. The monoisotopic (exact) mass is 608 g/mol. The number of para-hydroxylation sites is 1. The smallest absolute Gasteiger partial charge is 0.328 e. The van der Waals surface area contributed by atoms with Crippen molar-refractivity contribution in [2.75, 3.05) is 36.7 Å². The summed E-state index contributed by atoms with van der Waals surface area (Å²) in [5.74, 6) is -0.107. The molecular weight excluding hydrogens is 572 g/mol. The molecule has 0 aliphatic rings. The third kappa shape index (κ3) is 8.39. The van der Waals surface area contributed by atoms with Crippen LogP contribution in [0.4, 0.5) is 11.4 Å². The van der Waals surface area contributed by atoms with Gasteiger partial charge in [0.25, 0.3) is 5.91 Å². The van der Waals surface area contributed by atoms with Crippen molar-refractivity contribution in [1.29, 1.82) is 0 Å². The molecule has 7 nitrogen and oxygen atoms in total. The average Bonchev–Trinajstić information content (AvgIpc) is 3.06. The maximum atomic E-state index is 13.2. The van der Waals surface area contributed by atoms with Gasteiger partial charge in [0.1, 0.15) is 18.4 Å². The minimum Gasteiger partial charge on any atom is -0.492 e. The number of thioether (sulfide) groups is 1. The number of hydrogen-bond donors (Lipinski definition) is 1. The molecular formula is C36H36N2O5S. The van der Waals surface area contributed by atoms with Gasteiger partial charge in [-0.25, -0.2) is 4.79 Å². The first-order valence-electron chi connectivity index (χ1n) is 14.2. The molecule has 0 bridgehead atoms. The molecule has 226 valence electrons. The fraction of sp³-hybridized carbons (Fsp3) is 0.194. The normalized spacial score (nSPS) is 11.2. The molecule has 0 radical (unpaired) electrons. The highest BCUT2D eigenvalue weighted by Crippen LogP contribution is 2.24. The average molecular weight is 609 g/mol. The first kappa shape index (κ1) is 32.1. The second-order valence-electron chi connectivity index (χ2n) is 10.1. The van der Waals surface area contributed by atoms with Crippen molar-refractivity contribution in [3.8, 4) is 5.75 Å². The molecule has 4 aromatic rings. The van der Waals surface area contributed by atoms with Gasteiger partial charge in [0.2, 0.25) is 0 Å². The molecule has 0 aromatic heterocycles. The van der Waals surface area contributed by atoms with Crippen LogP contribution in [0.15, 0.2) is 120 Å². The Morgan fingerprint density at radius 3 is 2.18 bits per heavy atom. The number of nitrogens with one attached hydrogen (secondary N) is 1. The molecule has 0 unspecified atom stereocenters. The SMILES string of the molecule is C=C(C)C(=O)N(CCOc1ccc(C[C@H](Nc2ccccc2C(=O)c2ccccc2)C(=O)OC)cc1)c1ccc(SC)cc1. The van der Waals surface area contributed by atoms with E-state index in [-0.39, 0.29) is 18.3 Å². The minimum atomic E-state index is -0.726. The number of carbonyl (C=O) groups excluding carboxylic acids is 3. The number of ether oxygens (including phenoxy) is 2. The van der Waals surface area contributed by atoms with E-state index >= 15 is 0 Å². The molecule has 0 fully saturated rings. The Balaban J connectivity index is 1.41. The van der Waals surface area contributed by atoms with Crippen molar-refractivity contribution < 1.29 is 23.9 Å². The molecule has 4 rings (SSSR count). The summed E-state index contributed by atoms with van der Waals surface area (Å²) >= 11 is 1.64. The number of ketones is 1. The summed E-state index contributed by atoms with van der Waals surface area (Å²) in [6.07, 6.45) is 2.33. The number of nitrogens with zero attached hydrogens (tertiary/aromatic N) is 1. The van der Waals surface area contributed by atoms with E-state index in [9.17, 15) is 14.4 Å². The Bertz CT molecular complexity index is 1590. The number of methoxy groups -OCH3 is 1. The van der Waals surface area contributed by atoms with E-state index in [4.69, 9.17) is 9.47 Å². The molecule has 1 amide bonds. The lowest BCUT2D eigenvalue weighted by molar-refractivity contribution is -0.141. The fourth-order valence-electron chi connectivity index (χ4n) is 4.63. The highest BCUT2D eigenvalue weighted by atomic mass is 32.2. The standard InChI is InChI=1S/C36H36N2O5S/c1-25(2)35(40)38(28-16-20-30(44-4)21-17-28)22-23-43-29-18-14-26(15-19-29)24-33(36(41)42-3)37-32-13-9-8-12-31(32)34(39)27-10-6-5-7-11-27/h5-21,33,37H,1,22-24H2,2-4H3/t33-/m0/s1. The Morgan fingerprint density at radius 2 is 1.55 bits per heavy atom. The van der Waals surface area contributed by atoms with Gasteiger partial charge in [0, 0.05) is 39.4 Å². The summed E-state index contributed by atoms with van der Waals surface area (Å²) in [5.41, 5.74) is 3.68. The predicted molar refractivity (Wildman–Crippen MR) is 177 cm³/mol. The molecule has 0 saturated heterocycles. The Hall–Kier alpha value is -4.82. The zero-order chi connectivity index (χ0) is 31.5. The molecule has 8 heteroatoms. The Morgan fingerprint density at radius 1 is 0.886 bits per heavy atom. The van der Waals surface area contributed by atoms with Gasteiger partial charge in [-0.05, 0) is 67.3 Å². The Kier molecular flexibility index (Phi) is 11.4. The van der Waals surface area contributed by atoms with E-state index in [0.717, 1.165) is 16.1 Å². The first-order chi connectivity index (χ1) is 21.3. The lowest BCUT2D eigenvalue weighted by Crippen LogP contribution is -2.35. The largest absolute Gasteiger partial charge is 0.492 e. The van der Waals surface area contributed by atoms with Crippen LogP contribution in [0.2, 0.25) is 0 Å². The van der Waals surface area contributed by atoms with Gasteiger partial charge >= 0.3 is 5.97 Å². The zero-order valence-electron chi connectivity index (χ0n) is 25.1. The van der Waals surface area contributed by atoms with Crippen LogP contribution in [0.5, 0.6) is 5.75 Å². The molecule has 0 heterocycles. The molecule has 1 atom stereocenters. The van der Waals surface area contributed by atoms with Crippen LogP contribution in [0.25, 0.3) is 0 Å². The van der Waals surface area contributed by atoms with E-state index < -0.39 is 12.0 Å². The molecule has 0 aliphatic carbocycles. The van der Waals surface area contributed by atoms with Crippen molar-refractivity contribution in [3.63, 3.8) is 0 Å². The van der Waals surface area contributed by atoms with Gasteiger partial charge in [-0.1, -0.05) is 61.2 Å². The number of benzene rings is 4. The molecule has 0 saturated carbocycles. The third-order valence-electron chi connectivity index (χ3n) is 6.96. The molecule has 44 heavy (non-hydrogen) atoms. The maximum absolute atomic E-state index is 13.2. The van der Waals surface area contributed by atoms with E-state index in [0.29, 0.717) is 41.1 Å². The van der Waals surface area contributed by atoms with Crippen LogP contribution in [0.1, 0.15) is 28.4 Å². The lowest BCUT2D eigenvalue weighted by Gasteiger charge is -2.23. The van der Waals surface area contributed by atoms with E-state index in [1.54, 1.807) is 53.9 Å². The van der Waals surface area contributed by atoms with E-state index in [1.807, 2.05) is 79.1 Å². The van der Waals surface area contributed by atoms with E-state index in [2.05, 4.69) is 11.9 Å². The van der Waals surface area contributed by atoms with Crippen LogP contribution in [0, 0.1) is 0 Å². The van der Waals surface area contributed by atoms with Gasteiger partial charge in [-0.15, -0.1) is 11.8 Å². The summed E-state index contributed by atoms with van der Waals surface area (Å²) in [6.45, 7) is 6.14. The number of anilines is 2. The van der Waals surface area contributed by atoms with Crippen molar-refractivity contribution in [3.05, 3.63) is 132 Å². The predicted octanol–water partition coefficient (Wildman–Crippen LogP) is 6.82. The van der Waals surface area contributed by atoms with Crippen LogP contribution < -0.4 is 15.0 Å². The summed E-state index contributed by atoms with van der Waals surface area (Å²) in [6, 6.07) is 30.6. The Labute approximate surface area is 262 Å². The number of rotatable bonds is 14. The fourth-order valence-corrected chi connectivity index (χ4v) is 5.04. The van der Waals surface area contributed by atoms with Crippen molar-refractivity contribution in [1.82, 2.24) is 0 Å². The van der Waals surface area contributed by atoms with Crippen LogP contribution in [0.3, 0.4) is 0 Å². The number of esters is 1. The van der Waals surface area contributed by atoms with Gasteiger partial charge < -0.3 is 19.7 Å². The second kappa shape index (κ2) is 15.6. The number of amides is 1. The first-order valence-corrected chi connectivity index (χ1v) is 15.4. The van der Waals surface area contributed by atoms with Crippen molar-refractivity contribution >= 4 is 40.8 Å². The van der Waals surface area contributed by atoms with Gasteiger partial charge in [0.05, 0.1) is 13.7 Å². The third-order valence-corrected chi connectivity index (χ3v) is 7.71. The summed E-state index contributed by atoms with van der Waals surface area (Å²) in [4.78, 5) is 41.6. The summed E-state index contributed by atoms with van der Waals surface area (Å²) in [5, 5.41) is 3.23. The highest BCUT2D eigenvalue weighted by molar-refractivity contribution is 7.98. The van der Waals surface area contributed by atoms with Crippen LogP contribution in [-0.2, 0) is 20.7 Å². The van der Waals surface area contributed by atoms with Crippen LogP contribution >= 0.6 is 11.8 Å². The second-order valence-corrected chi connectivity index (χ2v) is 11.0. The lowest BCUT2D eigenvalue weighted by atomic mass is 10.00. The highest BCUT2D eigenvalue weighted by Gasteiger charge is 2.23. The topological polar surface area (TPSA) is 84.9 Å². The molecule has 0 spiro atoms. The molecule has 0 aliphatic heterocycles. The van der Waals surface area contributed by atoms with Gasteiger partial charge in [-0.3, -0.25) is 9.59 Å². The van der Waals surface area contributed by atoms with Crippen LogP contribution in [-0.4, -0.2) is 50.2 Å². The number of hydrogen-bond acceptors (Lipinski definition) is 7. The summed E-state index contributed by atoms with van der Waals surface area (Å²) < 4.78 is 11.0. The van der Waals surface area contributed by atoms with Crippen molar-refractivity contribution in [2.45, 2.75) is 24.3 Å². The van der Waals surface area contributed by atoms with E-state index in [1.165, 1.54) is 7.11 Å².